The third-order valence-corrected chi connectivity index (χ3v) is 9.81. The molecule has 0 unspecified atom stereocenters. The Hall–Kier alpha value is -2.11. The second kappa shape index (κ2) is 7.99. The van der Waals surface area contributed by atoms with Crippen molar-refractivity contribution in [1.82, 2.24) is 0 Å². The predicted octanol–water partition coefficient (Wildman–Crippen LogP) is 4.52. The van der Waals surface area contributed by atoms with Crippen LogP contribution in [0.15, 0.2) is 23.3 Å². The Kier molecular flexibility index (Phi) is 5.49. The van der Waals surface area contributed by atoms with Gasteiger partial charge in [-0.1, -0.05) is 25.5 Å². The lowest BCUT2D eigenvalue weighted by molar-refractivity contribution is -0.188. The summed E-state index contributed by atoms with van der Waals surface area (Å²) in [5.74, 6) is 1.04. The van der Waals surface area contributed by atoms with Gasteiger partial charge in [0.1, 0.15) is 18.8 Å². The van der Waals surface area contributed by atoms with Crippen molar-refractivity contribution in [3.63, 3.8) is 0 Å². The van der Waals surface area contributed by atoms with Crippen molar-refractivity contribution in [3.8, 4) is 0 Å². The van der Waals surface area contributed by atoms with Crippen molar-refractivity contribution in [2.75, 3.05) is 6.61 Å². The fraction of sp³-hybridized carbons (Fsp3) is 0.741. The Balaban J connectivity index is 1.40. The van der Waals surface area contributed by atoms with Crippen LogP contribution in [0.2, 0.25) is 0 Å². The third kappa shape index (κ3) is 3.64. The van der Waals surface area contributed by atoms with Gasteiger partial charge in [0.05, 0.1) is 0 Å². The average molecular weight is 457 g/mol. The zero-order valence-electron chi connectivity index (χ0n) is 20.2. The van der Waals surface area contributed by atoms with E-state index >= 15 is 0 Å². The highest BCUT2D eigenvalue weighted by atomic mass is 16.6. The van der Waals surface area contributed by atoms with Crippen LogP contribution >= 0.6 is 0 Å². The summed E-state index contributed by atoms with van der Waals surface area (Å²) in [5.41, 5.74) is 2.87. The summed E-state index contributed by atoms with van der Waals surface area (Å²) in [6, 6.07) is 0. The molecule has 180 valence electrons. The van der Waals surface area contributed by atoms with Gasteiger partial charge in [0.2, 0.25) is 0 Å². The van der Waals surface area contributed by atoms with Crippen molar-refractivity contribution >= 4 is 17.9 Å². The van der Waals surface area contributed by atoms with E-state index in [2.05, 4.69) is 19.9 Å². The fourth-order valence-corrected chi connectivity index (χ4v) is 8.39. The molecule has 5 aliphatic rings. The number of carbonyl (C=O) groups is 3. The first-order valence-corrected chi connectivity index (χ1v) is 12.5. The highest BCUT2D eigenvalue weighted by molar-refractivity contribution is 5.85. The van der Waals surface area contributed by atoms with Crippen LogP contribution in [0.5, 0.6) is 0 Å². The van der Waals surface area contributed by atoms with E-state index in [1.165, 1.54) is 13.8 Å². The molecular weight excluding hydrogens is 420 g/mol. The minimum atomic E-state index is -0.378. The monoisotopic (exact) mass is 456 g/mol. The number of cyclic esters (lactones) is 1. The number of rotatable bonds is 3. The first kappa shape index (κ1) is 22.7. The molecule has 8 atom stereocenters. The summed E-state index contributed by atoms with van der Waals surface area (Å²) in [5, 5.41) is 0. The molecule has 0 aromatic rings. The molecule has 0 saturated heterocycles. The van der Waals surface area contributed by atoms with E-state index < -0.39 is 0 Å². The zero-order chi connectivity index (χ0) is 23.5. The molecule has 1 aliphatic heterocycles. The van der Waals surface area contributed by atoms with E-state index in [0.29, 0.717) is 30.3 Å². The molecule has 0 amide bonds. The Labute approximate surface area is 196 Å². The quantitative estimate of drug-likeness (QED) is 0.353. The van der Waals surface area contributed by atoms with Gasteiger partial charge in [0.15, 0.2) is 0 Å². The summed E-state index contributed by atoms with van der Waals surface area (Å²) in [4.78, 5) is 35.3. The minimum absolute atomic E-state index is 0.0473. The van der Waals surface area contributed by atoms with Gasteiger partial charge < -0.3 is 14.2 Å². The maximum atomic E-state index is 11.9. The van der Waals surface area contributed by atoms with Crippen molar-refractivity contribution in [2.24, 2.45) is 34.5 Å². The maximum Gasteiger partial charge on any atom is 0.331 e. The van der Waals surface area contributed by atoms with Crippen LogP contribution in [0.3, 0.4) is 0 Å². The number of hydrogen-bond acceptors (Lipinski definition) is 6. The Bertz CT molecular complexity index is 933. The molecule has 0 N–H and O–H groups in total. The van der Waals surface area contributed by atoms with Crippen LogP contribution in [0.1, 0.15) is 72.6 Å². The lowest BCUT2D eigenvalue weighted by Crippen LogP contribution is -2.56. The first-order chi connectivity index (χ1) is 15.6. The number of allylic oxidation sites excluding steroid dienone is 2. The fourth-order valence-electron chi connectivity index (χ4n) is 8.39. The summed E-state index contributed by atoms with van der Waals surface area (Å²) >= 11 is 0. The van der Waals surface area contributed by atoms with Gasteiger partial charge in [-0.25, -0.2) is 4.79 Å². The Morgan fingerprint density at radius 2 is 1.79 bits per heavy atom. The maximum absolute atomic E-state index is 11.9. The number of fused-ring (bicyclic) bond motifs is 5. The number of hydrogen-bond donors (Lipinski definition) is 0. The van der Waals surface area contributed by atoms with E-state index in [4.69, 9.17) is 14.2 Å². The third-order valence-electron chi connectivity index (χ3n) is 9.81. The molecule has 4 aliphatic carbocycles. The van der Waals surface area contributed by atoms with Crippen LogP contribution in [-0.2, 0) is 28.6 Å². The Morgan fingerprint density at radius 3 is 2.45 bits per heavy atom. The van der Waals surface area contributed by atoms with E-state index in [1.54, 1.807) is 11.6 Å². The van der Waals surface area contributed by atoms with Crippen molar-refractivity contribution < 1.29 is 28.6 Å². The van der Waals surface area contributed by atoms with E-state index in [0.717, 1.165) is 50.5 Å². The summed E-state index contributed by atoms with van der Waals surface area (Å²) in [6.07, 6.45) is 10.4. The molecule has 6 nitrogen and oxygen atoms in total. The van der Waals surface area contributed by atoms with Crippen molar-refractivity contribution in [3.05, 3.63) is 23.3 Å². The Morgan fingerprint density at radius 1 is 1.06 bits per heavy atom. The summed E-state index contributed by atoms with van der Waals surface area (Å²) in [6.45, 7) is 8.08. The first-order valence-electron chi connectivity index (χ1n) is 12.5. The summed E-state index contributed by atoms with van der Waals surface area (Å²) in [7, 11) is 0. The number of carbonyl (C=O) groups excluding carboxylic acids is 3. The van der Waals surface area contributed by atoms with Crippen LogP contribution in [0.4, 0.5) is 0 Å². The molecule has 0 aromatic carbocycles. The zero-order valence-corrected chi connectivity index (χ0v) is 20.2. The SMILES string of the molecule is CC(=O)O[C@@H]1C[C@@H]2CC[C@H]3C4=CC[C@H](C5=CC(=O)OC5)[C@@]4(C)CC[C@@H]3[C@@]2(C)C[C@H]1OC(C)=O. The average Bonchev–Trinajstić information content (AvgIpc) is 3.30. The smallest absolute Gasteiger partial charge is 0.331 e. The molecular formula is C27H36O6. The van der Waals surface area contributed by atoms with Gasteiger partial charge in [-0.15, -0.1) is 0 Å². The molecule has 0 radical (unpaired) electrons. The number of esters is 3. The second-order valence-corrected chi connectivity index (χ2v) is 11.5. The standard InChI is InChI=1S/C27H36O6/c1-15(28)32-23-12-18-5-6-19-21-8-7-20(17-11-25(30)31-14-17)26(21,3)10-9-22(19)27(18,4)13-24(23)33-16(2)29/h8,11,18-20,22-24H,5-7,9-10,12-14H2,1-4H3/t18-,19-,20+,22-,23+,24+,26+,27-/m0/s1. The molecule has 0 aromatic heterocycles. The topological polar surface area (TPSA) is 78.9 Å². The van der Waals surface area contributed by atoms with E-state index in [9.17, 15) is 14.4 Å². The van der Waals surface area contributed by atoms with E-state index in [-0.39, 0.29) is 40.9 Å². The summed E-state index contributed by atoms with van der Waals surface area (Å²) < 4.78 is 16.6. The van der Waals surface area contributed by atoms with Gasteiger partial charge in [-0.3, -0.25) is 9.59 Å². The van der Waals surface area contributed by atoms with Crippen molar-refractivity contribution in [2.45, 2.75) is 84.8 Å². The van der Waals surface area contributed by atoms with Gasteiger partial charge in [0.25, 0.3) is 0 Å². The molecule has 3 saturated carbocycles. The molecule has 6 heteroatoms. The lowest BCUT2D eigenvalue weighted by Gasteiger charge is -2.60. The van der Waals surface area contributed by atoms with E-state index in [1.807, 2.05) is 0 Å². The molecule has 0 bridgehead atoms. The normalized spacial score (nSPS) is 43.9. The largest absolute Gasteiger partial charge is 0.459 e. The number of ether oxygens (including phenoxy) is 3. The van der Waals surface area contributed by atoms with Crippen molar-refractivity contribution in [1.29, 1.82) is 0 Å². The highest BCUT2D eigenvalue weighted by Crippen LogP contribution is 2.67. The van der Waals surface area contributed by atoms with Crippen LogP contribution in [0.25, 0.3) is 0 Å². The van der Waals surface area contributed by atoms with Gasteiger partial charge in [0, 0.05) is 19.9 Å². The lowest BCUT2D eigenvalue weighted by atomic mass is 9.45. The molecule has 5 rings (SSSR count). The van der Waals surface area contributed by atoms with Gasteiger partial charge in [-0.05, 0) is 85.0 Å². The highest BCUT2D eigenvalue weighted by Gasteiger charge is 2.60. The van der Waals surface area contributed by atoms with Crippen LogP contribution in [0, 0.1) is 34.5 Å². The molecule has 1 heterocycles. The minimum Gasteiger partial charge on any atom is -0.459 e. The van der Waals surface area contributed by atoms with Gasteiger partial charge >= 0.3 is 17.9 Å². The molecule has 3 fully saturated rings. The predicted molar refractivity (Wildman–Crippen MR) is 121 cm³/mol. The molecule has 33 heavy (non-hydrogen) atoms. The van der Waals surface area contributed by atoms with Crippen LogP contribution in [-0.4, -0.2) is 36.7 Å². The second-order valence-electron chi connectivity index (χ2n) is 11.5. The molecule has 0 spiro atoms. The van der Waals surface area contributed by atoms with Crippen LogP contribution < -0.4 is 0 Å². The van der Waals surface area contributed by atoms with Gasteiger partial charge in [-0.2, -0.15) is 0 Å².